The van der Waals surface area contributed by atoms with Crippen LogP contribution >= 0.6 is 0 Å². The topological polar surface area (TPSA) is 73.0 Å². The van der Waals surface area contributed by atoms with Gasteiger partial charge in [0.2, 0.25) is 0 Å². The van der Waals surface area contributed by atoms with E-state index < -0.39 is 0 Å². The van der Waals surface area contributed by atoms with Crippen LogP contribution < -0.4 is 10.2 Å². The van der Waals surface area contributed by atoms with Crippen LogP contribution in [0.25, 0.3) is 12.2 Å². The zero-order valence-corrected chi connectivity index (χ0v) is 18.7. The average Bonchev–Trinajstić information content (AvgIpc) is 3.48. The zero-order chi connectivity index (χ0) is 21.8. The van der Waals surface area contributed by atoms with Crippen LogP contribution in [0.3, 0.4) is 0 Å². The molecule has 2 N–H and O–H groups in total. The molecule has 32 heavy (non-hydrogen) atoms. The number of rotatable bonds is 6. The third-order valence-electron chi connectivity index (χ3n) is 6.31. The molecule has 5 rings (SSSR count). The Balaban J connectivity index is 1.39. The summed E-state index contributed by atoms with van der Waals surface area (Å²) in [5, 5.41) is 10.6. The highest BCUT2D eigenvalue weighted by molar-refractivity contribution is 5.69. The first-order chi connectivity index (χ1) is 15.7. The highest BCUT2D eigenvalue weighted by Gasteiger charge is 2.29. The second-order valence-corrected chi connectivity index (χ2v) is 8.76. The van der Waals surface area contributed by atoms with Gasteiger partial charge in [-0.3, -0.25) is 10.00 Å². The Kier molecular flexibility index (Phi) is 6.16. The summed E-state index contributed by atoms with van der Waals surface area (Å²) in [6, 6.07) is 14.9. The van der Waals surface area contributed by atoms with Gasteiger partial charge in [-0.05, 0) is 50.9 Å². The number of nitrogens with zero attached hydrogens (tertiary/aromatic N) is 5. The summed E-state index contributed by atoms with van der Waals surface area (Å²) in [5.74, 6) is 3.19. The molecule has 0 spiro atoms. The number of aryl methyl sites for hydroxylation is 1. The molecule has 3 aromatic rings. The number of hydrogen-bond donors (Lipinski definition) is 2. The first kappa shape index (κ1) is 20.7. The Labute approximate surface area is 189 Å². The predicted molar refractivity (Wildman–Crippen MR) is 130 cm³/mol. The van der Waals surface area contributed by atoms with Gasteiger partial charge in [0.15, 0.2) is 11.6 Å². The summed E-state index contributed by atoms with van der Waals surface area (Å²) in [6.07, 6.45) is 9.27. The lowest BCUT2D eigenvalue weighted by Gasteiger charge is -2.32. The van der Waals surface area contributed by atoms with E-state index in [1.165, 1.54) is 38.8 Å². The Morgan fingerprint density at radius 2 is 1.81 bits per heavy atom. The van der Waals surface area contributed by atoms with Crippen molar-refractivity contribution < 1.29 is 0 Å². The summed E-state index contributed by atoms with van der Waals surface area (Å²) < 4.78 is 0. The highest BCUT2D eigenvalue weighted by atomic mass is 15.3. The Bertz CT molecular complexity index is 1050. The van der Waals surface area contributed by atoms with Crippen molar-refractivity contribution in [2.45, 2.75) is 38.6 Å². The lowest BCUT2D eigenvalue weighted by atomic mass is 10.1. The number of benzene rings is 1. The molecule has 2 aromatic heterocycles. The van der Waals surface area contributed by atoms with Crippen LogP contribution in [-0.4, -0.2) is 57.3 Å². The molecule has 7 nitrogen and oxygen atoms in total. The maximum absolute atomic E-state index is 4.90. The van der Waals surface area contributed by atoms with E-state index in [0.29, 0.717) is 11.9 Å². The molecule has 0 aliphatic carbocycles. The number of piperidine rings is 1. The van der Waals surface area contributed by atoms with Crippen LogP contribution in [0.5, 0.6) is 0 Å². The van der Waals surface area contributed by atoms with E-state index in [4.69, 9.17) is 9.97 Å². The second kappa shape index (κ2) is 9.53. The molecule has 1 unspecified atom stereocenters. The van der Waals surface area contributed by atoms with Gasteiger partial charge in [-0.25, -0.2) is 9.97 Å². The number of hydrogen-bond acceptors (Lipinski definition) is 6. The van der Waals surface area contributed by atoms with Gasteiger partial charge in [-0.2, -0.15) is 5.10 Å². The summed E-state index contributed by atoms with van der Waals surface area (Å²) in [7, 11) is 0. The van der Waals surface area contributed by atoms with E-state index in [1.54, 1.807) is 0 Å². The quantitative estimate of drug-likeness (QED) is 0.602. The van der Waals surface area contributed by atoms with Crippen molar-refractivity contribution in [1.29, 1.82) is 0 Å². The van der Waals surface area contributed by atoms with E-state index >= 15 is 0 Å². The van der Waals surface area contributed by atoms with Crippen LogP contribution in [0, 0.1) is 6.92 Å². The zero-order valence-electron chi connectivity index (χ0n) is 18.7. The SMILES string of the molecule is Cc1cc(Nc2cc(N3CCC(N4CCCCC4)C3)nc(/C=C/c3ccccc3)n2)n[nH]1. The van der Waals surface area contributed by atoms with Crippen LogP contribution in [0.15, 0.2) is 42.5 Å². The maximum atomic E-state index is 4.90. The second-order valence-electron chi connectivity index (χ2n) is 8.76. The van der Waals surface area contributed by atoms with Crippen molar-refractivity contribution >= 4 is 29.6 Å². The molecule has 2 aliphatic rings. The molecule has 2 fully saturated rings. The van der Waals surface area contributed by atoms with Crippen molar-refractivity contribution in [1.82, 2.24) is 25.1 Å². The average molecular weight is 430 g/mol. The lowest BCUT2D eigenvalue weighted by Crippen LogP contribution is -2.41. The van der Waals surface area contributed by atoms with Crippen molar-refractivity contribution in [3.8, 4) is 0 Å². The van der Waals surface area contributed by atoms with Crippen molar-refractivity contribution in [2.75, 3.05) is 36.4 Å². The van der Waals surface area contributed by atoms with E-state index in [-0.39, 0.29) is 0 Å². The standard InChI is InChI=1S/C25H31N7/c1-19-16-24(30-29-19)27-23-17-25(28-22(26-23)11-10-20-8-4-2-5-9-20)32-15-12-21(18-32)31-13-6-3-7-14-31/h2,4-5,8-11,16-17,21H,3,6-7,12-15,18H2,1H3,(H2,26,27,28,29,30)/b11-10+. The fourth-order valence-electron chi connectivity index (χ4n) is 4.63. The molecule has 1 aromatic carbocycles. The smallest absolute Gasteiger partial charge is 0.156 e. The summed E-state index contributed by atoms with van der Waals surface area (Å²) in [4.78, 5) is 14.7. The Hall–Kier alpha value is -3.19. The molecule has 2 saturated heterocycles. The number of nitrogens with one attached hydrogen (secondary N) is 2. The van der Waals surface area contributed by atoms with Gasteiger partial charge >= 0.3 is 0 Å². The first-order valence-electron chi connectivity index (χ1n) is 11.6. The number of aromatic nitrogens is 4. The van der Waals surface area contributed by atoms with Crippen LogP contribution in [0.2, 0.25) is 0 Å². The molecule has 7 heteroatoms. The fourth-order valence-corrected chi connectivity index (χ4v) is 4.63. The number of H-pyrrole nitrogens is 1. The third kappa shape index (κ3) is 4.99. The van der Waals surface area contributed by atoms with Gasteiger partial charge in [0.1, 0.15) is 11.6 Å². The maximum Gasteiger partial charge on any atom is 0.156 e. The molecule has 0 amide bonds. The normalized spacial score (nSPS) is 19.7. The molecular weight excluding hydrogens is 398 g/mol. The fraction of sp³-hybridized carbons (Fsp3) is 0.400. The molecule has 1 atom stereocenters. The Morgan fingerprint density at radius 3 is 2.59 bits per heavy atom. The molecule has 166 valence electrons. The third-order valence-corrected chi connectivity index (χ3v) is 6.31. The number of likely N-dealkylation sites (tertiary alicyclic amines) is 1. The van der Waals surface area contributed by atoms with Gasteiger partial charge in [-0.1, -0.05) is 42.8 Å². The van der Waals surface area contributed by atoms with Gasteiger partial charge < -0.3 is 10.2 Å². The van der Waals surface area contributed by atoms with Crippen LogP contribution in [-0.2, 0) is 0 Å². The van der Waals surface area contributed by atoms with Gasteiger partial charge in [0.05, 0.1) is 0 Å². The molecule has 0 radical (unpaired) electrons. The van der Waals surface area contributed by atoms with Crippen LogP contribution in [0.4, 0.5) is 17.5 Å². The van der Waals surface area contributed by atoms with Gasteiger partial charge in [-0.15, -0.1) is 0 Å². The minimum Gasteiger partial charge on any atom is -0.355 e. The molecular formula is C25H31N7. The van der Waals surface area contributed by atoms with Gasteiger partial charge in [0.25, 0.3) is 0 Å². The lowest BCUT2D eigenvalue weighted by molar-refractivity contribution is 0.175. The van der Waals surface area contributed by atoms with E-state index in [2.05, 4.69) is 43.5 Å². The number of aromatic amines is 1. The molecule has 0 bridgehead atoms. The molecule has 0 saturated carbocycles. The van der Waals surface area contributed by atoms with Crippen molar-refractivity contribution in [3.63, 3.8) is 0 Å². The molecule has 4 heterocycles. The monoisotopic (exact) mass is 429 g/mol. The van der Waals surface area contributed by atoms with E-state index in [1.807, 2.05) is 43.3 Å². The van der Waals surface area contributed by atoms with Gasteiger partial charge in [0, 0.05) is 37.0 Å². The Morgan fingerprint density at radius 1 is 0.969 bits per heavy atom. The van der Waals surface area contributed by atoms with Crippen molar-refractivity contribution in [2.24, 2.45) is 0 Å². The van der Waals surface area contributed by atoms with Crippen LogP contribution in [0.1, 0.15) is 42.8 Å². The van der Waals surface area contributed by atoms with Crippen molar-refractivity contribution in [3.05, 3.63) is 59.5 Å². The minimum atomic E-state index is 0.624. The highest BCUT2D eigenvalue weighted by Crippen LogP contribution is 2.26. The van der Waals surface area contributed by atoms with E-state index in [9.17, 15) is 0 Å². The summed E-state index contributed by atoms with van der Waals surface area (Å²) in [6.45, 7) is 6.51. The number of anilines is 3. The van der Waals surface area contributed by atoms with E-state index in [0.717, 1.165) is 41.8 Å². The summed E-state index contributed by atoms with van der Waals surface area (Å²) in [5.41, 5.74) is 2.14. The summed E-state index contributed by atoms with van der Waals surface area (Å²) >= 11 is 0. The molecule has 2 aliphatic heterocycles. The minimum absolute atomic E-state index is 0.624. The largest absolute Gasteiger partial charge is 0.355 e. The predicted octanol–water partition coefficient (Wildman–Crippen LogP) is 4.49. The first-order valence-corrected chi connectivity index (χ1v) is 11.6.